The van der Waals surface area contributed by atoms with Gasteiger partial charge in [-0.05, 0) is 44.0 Å². The lowest BCUT2D eigenvalue weighted by atomic mass is 10.1. The molecule has 1 aliphatic rings. The van der Waals surface area contributed by atoms with E-state index in [4.69, 9.17) is 9.47 Å². The summed E-state index contributed by atoms with van der Waals surface area (Å²) in [5.41, 5.74) is 0.0891. The molecule has 2 heterocycles. The van der Waals surface area contributed by atoms with Gasteiger partial charge in [0.15, 0.2) is 9.84 Å². The van der Waals surface area contributed by atoms with E-state index in [1.807, 2.05) is 6.92 Å². The lowest BCUT2D eigenvalue weighted by Crippen LogP contribution is -2.40. The van der Waals surface area contributed by atoms with E-state index in [-0.39, 0.29) is 28.4 Å². The largest absolute Gasteiger partial charge is 0.469 e. The summed E-state index contributed by atoms with van der Waals surface area (Å²) in [7, 11) is -3.34. The lowest BCUT2D eigenvalue weighted by Gasteiger charge is -2.31. The van der Waals surface area contributed by atoms with Crippen molar-refractivity contribution < 1.29 is 22.8 Å². The molecule has 0 amide bonds. The summed E-state index contributed by atoms with van der Waals surface area (Å²) in [5.74, 6) is -0.116. The van der Waals surface area contributed by atoms with Crippen molar-refractivity contribution in [2.24, 2.45) is 0 Å². The minimum Gasteiger partial charge on any atom is -0.469 e. The molecule has 3 rings (SSSR count). The van der Waals surface area contributed by atoms with E-state index < -0.39 is 14.8 Å². The number of aromatic nitrogens is 2. The monoisotopic (exact) mass is 465 g/mol. The Hall–Kier alpha value is -2.83. The number of nitrogens with zero attached hydrogens (tertiary/aromatic N) is 4. The number of nitrogens with one attached hydrogen (secondary N) is 1. The summed E-state index contributed by atoms with van der Waals surface area (Å²) in [6, 6.07) is 5.87. The van der Waals surface area contributed by atoms with Gasteiger partial charge >= 0.3 is 5.69 Å². The SMILES string of the molecule is CCOCCN1CCC(Oc2ncnc(Nc3ccc(S(C)(=O)=O)cc3)c2[N+](=O)[O-])CC1. The molecule has 2 aromatic rings. The van der Waals surface area contributed by atoms with E-state index >= 15 is 0 Å². The maximum Gasteiger partial charge on any atom is 0.373 e. The molecule has 0 unspecified atom stereocenters. The molecule has 1 N–H and O–H groups in total. The van der Waals surface area contributed by atoms with Crippen LogP contribution in [0.2, 0.25) is 0 Å². The van der Waals surface area contributed by atoms with E-state index in [2.05, 4.69) is 20.2 Å². The molecular weight excluding hydrogens is 438 g/mol. The number of sulfone groups is 1. The van der Waals surface area contributed by atoms with Crippen LogP contribution in [-0.4, -0.2) is 73.4 Å². The minimum atomic E-state index is -3.34. The number of benzene rings is 1. The Kier molecular flexibility index (Phi) is 7.94. The fourth-order valence-corrected chi connectivity index (χ4v) is 4.00. The lowest BCUT2D eigenvalue weighted by molar-refractivity contribution is -0.385. The minimum absolute atomic E-state index is 0.0266. The summed E-state index contributed by atoms with van der Waals surface area (Å²) in [6.45, 7) is 5.81. The second-order valence-electron chi connectivity index (χ2n) is 7.41. The molecule has 174 valence electrons. The average molecular weight is 466 g/mol. The van der Waals surface area contributed by atoms with Crippen molar-refractivity contribution >= 4 is 27.0 Å². The Labute approximate surface area is 186 Å². The topological polar surface area (TPSA) is 137 Å². The number of anilines is 2. The van der Waals surface area contributed by atoms with Crippen LogP contribution >= 0.6 is 0 Å². The van der Waals surface area contributed by atoms with Gasteiger partial charge in [-0.1, -0.05) is 0 Å². The summed E-state index contributed by atoms with van der Waals surface area (Å²) in [4.78, 5) is 21.6. The Morgan fingerprint density at radius 1 is 1.22 bits per heavy atom. The first kappa shape index (κ1) is 23.8. The number of likely N-dealkylation sites (tertiary alicyclic amines) is 1. The molecule has 1 saturated heterocycles. The van der Waals surface area contributed by atoms with Crippen LogP contribution in [0.25, 0.3) is 0 Å². The molecule has 12 heteroatoms. The van der Waals surface area contributed by atoms with Crippen molar-refractivity contribution in [2.75, 3.05) is 44.4 Å². The van der Waals surface area contributed by atoms with Gasteiger partial charge in [-0.15, -0.1) is 0 Å². The van der Waals surface area contributed by atoms with Gasteiger partial charge < -0.3 is 19.7 Å². The first-order chi connectivity index (χ1) is 15.3. The second-order valence-corrected chi connectivity index (χ2v) is 9.43. The number of hydrogen-bond donors (Lipinski definition) is 1. The Morgan fingerprint density at radius 2 is 1.91 bits per heavy atom. The smallest absolute Gasteiger partial charge is 0.373 e. The third-order valence-corrected chi connectivity index (χ3v) is 6.21. The van der Waals surface area contributed by atoms with Gasteiger partial charge in [-0.2, -0.15) is 4.98 Å². The van der Waals surface area contributed by atoms with Crippen molar-refractivity contribution in [1.29, 1.82) is 0 Å². The van der Waals surface area contributed by atoms with Gasteiger partial charge in [-0.25, -0.2) is 13.4 Å². The summed E-state index contributed by atoms with van der Waals surface area (Å²) in [5, 5.41) is 14.6. The molecule has 0 bridgehead atoms. The molecule has 11 nitrogen and oxygen atoms in total. The van der Waals surface area contributed by atoms with Crippen LogP contribution in [0.4, 0.5) is 17.2 Å². The van der Waals surface area contributed by atoms with E-state index in [1.54, 1.807) is 0 Å². The van der Waals surface area contributed by atoms with Crippen molar-refractivity contribution in [3.63, 3.8) is 0 Å². The molecule has 0 spiro atoms. The molecule has 0 atom stereocenters. The number of nitro groups is 1. The molecular formula is C20H27N5O6S. The predicted molar refractivity (Wildman–Crippen MR) is 118 cm³/mol. The van der Waals surface area contributed by atoms with Crippen LogP contribution in [0.3, 0.4) is 0 Å². The van der Waals surface area contributed by atoms with Crippen LogP contribution in [0, 0.1) is 10.1 Å². The van der Waals surface area contributed by atoms with E-state index in [1.165, 1.54) is 30.6 Å². The first-order valence-electron chi connectivity index (χ1n) is 10.3. The number of ether oxygens (including phenoxy) is 2. The molecule has 0 saturated carbocycles. The van der Waals surface area contributed by atoms with Crippen LogP contribution in [-0.2, 0) is 14.6 Å². The van der Waals surface area contributed by atoms with Gasteiger partial charge in [0, 0.05) is 38.2 Å². The van der Waals surface area contributed by atoms with Crippen molar-refractivity contribution in [2.45, 2.75) is 30.8 Å². The molecule has 1 aliphatic heterocycles. The zero-order valence-electron chi connectivity index (χ0n) is 18.1. The Bertz CT molecular complexity index is 1020. The van der Waals surface area contributed by atoms with Crippen molar-refractivity contribution in [1.82, 2.24) is 14.9 Å². The highest BCUT2D eigenvalue weighted by atomic mass is 32.2. The standard InChI is InChI=1S/C20H27N5O6S/c1-3-30-13-12-24-10-8-16(9-11-24)31-20-18(25(26)27)19(21-14-22-20)23-15-4-6-17(7-5-15)32(2,28)29/h4-7,14,16H,3,8-13H2,1-2H3,(H,21,22,23). The highest BCUT2D eigenvalue weighted by Crippen LogP contribution is 2.34. The average Bonchev–Trinajstić information content (AvgIpc) is 2.75. The van der Waals surface area contributed by atoms with Gasteiger partial charge in [0.2, 0.25) is 5.82 Å². The van der Waals surface area contributed by atoms with E-state index in [0.717, 1.165) is 38.7 Å². The highest BCUT2D eigenvalue weighted by Gasteiger charge is 2.28. The molecule has 1 fully saturated rings. The normalized spacial score (nSPS) is 15.4. The van der Waals surface area contributed by atoms with Gasteiger partial charge in [-0.3, -0.25) is 10.1 Å². The number of hydrogen-bond acceptors (Lipinski definition) is 10. The third-order valence-electron chi connectivity index (χ3n) is 5.09. The van der Waals surface area contributed by atoms with Crippen LogP contribution in [0.5, 0.6) is 5.88 Å². The molecule has 0 aliphatic carbocycles. The molecule has 1 aromatic carbocycles. The Balaban J connectivity index is 1.69. The third kappa shape index (κ3) is 6.34. The summed E-state index contributed by atoms with van der Waals surface area (Å²) >= 11 is 0. The molecule has 0 radical (unpaired) electrons. The van der Waals surface area contributed by atoms with Crippen LogP contribution in [0.15, 0.2) is 35.5 Å². The summed E-state index contributed by atoms with van der Waals surface area (Å²) < 4.78 is 34.5. The maximum absolute atomic E-state index is 11.8. The quantitative estimate of drug-likeness (QED) is 0.316. The fourth-order valence-electron chi connectivity index (χ4n) is 3.37. The Morgan fingerprint density at radius 3 is 2.50 bits per heavy atom. The number of rotatable bonds is 10. The first-order valence-corrected chi connectivity index (χ1v) is 12.2. The fraction of sp³-hybridized carbons (Fsp3) is 0.500. The van der Waals surface area contributed by atoms with E-state index in [9.17, 15) is 18.5 Å². The van der Waals surface area contributed by atoms with Crippen LogP contribution < -0.4 is 10.1 Å². The highest BCUT2D eigenvalue weighted by molar-refractivity contribution is 7.90. The van der Waals surface area contributed by atoms with Gasteiger partial charge in [0.25, 0.3) is 5.88 Å². The van der Waals surface area contributed by atoms with Crippen molar-refractivity contribution in [3.8, 4) is 5.88 Å². The van der Waals surface area contributed by atoms with Gasteiger partial charge in [0.05, 0.1) is 16.4 Å². The number of piperidine rings is 1. The molecule has 1 aromatic heterocycles. The second kappa shape index (κ2) is 10.7. The van der Waals surface area contributed by atoms with Gasteiger partial charge in [0.1, 0.15) is 12.4 Å². The van der Waals surface area contributed by atoms with Crippen LogP contribution in [0.1, 0.15) is 19.8 Å². The maximum atomic E-state index is 11.8. The predicted octanol–water partition coefficient (Wildman–Crippen LogP) is 2.41. The van der Waals surface area contributed by atoms with E-state index in [0.29, 0.717) is 18.9 Å². The zero-order valence-corrected chi connectivity index (χ0v) is 18.9. The molecule has 32 heavy (non-hydrogen) atoms. The van der Waals surface area contributed by atoms with Crippen molar-refractivity contribution in [3.05, 3.63) is 40.7 Å². The zero-order chi connectivity index (χ0) is 23.1. The summed E-state index contributed by atoms with van der Waals surface area (Å²) in [6.07, 6.45) is 3.57.